The van der Waals surface area contributed by atoms with Gasteiger partial charge in [0.25, 0.3) is 5.79 Å². The average molecular weight is 292 g/mol. The molecule has 0 fully saturated rings. The van der Waals surface area contributed by atoms with Gasteiger partial charge < -0.3 is 20.1 Å². The number of aliphatic hydroxyl groups is 3. The topological polar surface area (TPSA) is 69.9 Å². The standard InChI is InChI=1S/C17H24O4/c1-5-12(2)10-13(3)8-6-7-9-16(19)17(20)11-15(18)14(4)21-17/h5-9,11,13,16,18-20H,4,10H2,1-3H3/b8-6+,9-7+,12-5+. The van der Waals surface area contributed by atoms with Gasteiger partial charge in [-0.1, -0.05) is 43.4 Å². The van der Waals surface area contributed by atoms with E-state index in [0.717, 1.165) is 12.5 Å². The molecule has 1 aliphatic rings. The molecule has 3 N–H and O–H groups in total. The van der Waals surface area contributed by atoms with Crippen LogP contribution >= 0.6 is 0 Å². The molecule has 0 aromatic carbocycles. The average Bonchev–Trinajstić information content (AvgIpc) is 2.69. The first-order valence-corrected chi connectivity index (χ1v) is 6.96. The quantitative estimate of drug-likeness (QED) is 0.519. The van der Waals surface area contributed by atoms with Crippen molar-refractivity contribution in [3.63, 3.8) is 0 Å². The Hall–Kier alpha value is -1.78. The summed E-state index contributed by atoms with van der Waals surface area (Å²) in [6.45, 7) is 9.62. The van der Waals surface area contributed by atoms with E-state index in [2.05, 4.69) is 26.5 Å². The van der Waals surface area contributed by atoms with Crippen molar-refractivity contribution >= 4 is 0 Å². The van der Waals surface area contributed by atoms with E-state index in [-0.39, 0.29) is 11.5 Å². The summed E-state index contributed by atoms with van der Waals surface area (Å²) >= 11 is 0. The predicted octanol–water partition coefficient (Wildman–Crippen LogP) is 3.13. The fourth-order valence-electron chi connectivity index (χ4n) is 1.96. The van der Waals surface area contributed by atoms with E-state index in [1.54, 1.807) is 6.08 Å². The van der Waals surface area contributed by atoms with Gasteiger partial charge >= 0.3 is 0 Å². The highest BCUT2D eigenvalue weighted by Crippen LogP contribution is 2.30. The van der Waals surface area contributed by atoms with Crippen molar-refractivity contribution in [2.75, 3.05) is 0 Å². The highest BCUT2D eigenvalue weighted by Gasteiger charge is 2.41. The summed E-state index contributed by atoms with van der Waals surface area (Å²) in [4.78, 5) is 0. The van der Waals surface area contributed by atoms with Crippen LogP contribution in [0.1, 0.15) is 27.2 Å². The Kier molecular flexibility index (Phi) is 6.00. The van der Waals surface area contributed by atoms with Crippen LogP contribution in [0, 0.1) is 5.92 Å². The van der Waals surface area contributed by atoms with Crippen molar-refractivity contribution in [3.05, 3.63) is 60.1 Å². The summed E-state index contributed by atoms with van der Waals surface area (Å²) in [5.41, 5.74) is 1.32. The highest BCUT2D eigenvalue weighted by atomic mass is 16.6. The predicted molar refractivity (Wildman–Crippen MR) is 83.4 cm³/mol. The largest absolute Gasteiger partial charge is 0.504 e. The van der Waals surface area contributed by atoms with Gasteiger partial charge in [-0.15, -0.1) is 0 Å². The molecule has 0 bridgehead atoms. The van der Waals surface area contributed by atoms with Crippen molar-refractivity contribution in [2.24, 2.45) is 5.92 Å². The van der Waals surface area contributed by atoms with Crippen LogP contribution < -0.4 is 0 Å². The van der Waals surface area contributed by atoms with E-state index in [4.69, 9.17) is 4.74 Å². The lowest BCUT2D eigenvalue weighted by molar-refractivity contribution is -0.176. The summed E-state index contributed by atoms with van der Waals surface area (Å²) in [6.07, 6.45) is 9.67. The lowest BCUT2D eigenvalue weighted by Gasteiger charge is -2.23. The van der Waals surface area contributed by atoms with Crippen LogP contribution in [0.25, 0.3) is 0 Å². The zero-order valence-corrected chi connectivity index (χ0v) is 12.8. The Labute approximate surface area is 126 Å². The SMILES string of the molecule is C=C1OC(O)(C(O)/C=C/C=C/C(C)C/C(C)=C/C)C=C1O. The second kappa shape index (κ2) is 7.29. The van der Waals surface area contributed by atoms with Crippen molar-refractivity contribution in [1.82, 2.24) is 0 Å². The maximum absolute atomic E-state index is 10.0. The summed E-state index contributed by atoms with van der Waals surface area (Å²) in [5, 5.41) is 29.3. The molecule has 0 radical (unpaired) electrons. The van der Waals surface area contributed by atoms with Crippen LogP contribution in [0.4, 0.5) is 0 Å². The zero-order valence-electron chi connectivity index (χ0n) is 12.8. The fraction of sp³-hybridized carbons (Fsp3) is 0.412. The third kappa shape index (κ3) is 4.92. The number of aliphatic hydroxyl groups excluding tert-OH is 2. The molecule has 0 aliphatic carbocycles. The molecule has 21 heavy (non-hydrogen) atoms. The van der Waals surface area contributed by atoms with E-state index in [1.807, 2.05) is 19.1 Å². The molecule has 3 unspecified atom stereocenters. The monoisotopic (exact) mass is 292 g/mol. The van der Waals surface area contributed by atoms with Gasteiger partial charge in [0.2, 0.25) is 0 Å². The molecule has 0 aromatic rings. The van der Waals surface area contributed by atoms with Crippen LogP contribution in [0.15, 0.2) is 60.1 Å². The van der Waals surface area contributed by atoms with Gasteiger partial charge in [0.05, 0.1) is 0 Å². The molecular formula is C17H24O4. The summed E-state index contributed by atoms with van der Waals surface area (Å²) < 4.78 is 4.95. The minimum Gasteiger partial charge on any atom is -0.504 e. The van der Waals surface area contributed by atoms with Crippen molar-refractivity contribution in [2.45, 2.75) is 39.1 Å². The van der Waals surface area contributed by atoms with E-state index in [1.165, 1.54) is 11.6 Å². The van der Waals surface area contributed by atoms with E-state index < -0.39 is 11.9 Å². The number of ether oxygens (including phenoxy) is 1. The van der Waals surface area contributed by atoms with Crippen LogP contribution in [0.2, 0.25) is 0 Å². The number of hydrogen-bond donors (Lipinski definition) is 3. The minimum atomic E-state index is -1.96. The van der Waals surface area contributed by atoms with Gasteiger partial charge in [-0.2, -0.15) is 0 Å². The van der Waals surface area contributed by atoms with Crippen molar-refractivity contribution in [3.8, 4) is 0 Å². The number of rotatable bonds is 6. The Bertz CT molecular complexity index is 499. The third-order valence-corrected chi connectivity index (χ3v) is 3.32. The highest BCUT2D eigenvalue weighted by molar-refractivity contribution is 5.28. The zero-order chi connectivity index (χ0) is 16.0. The maximum Gasteiger partial charge on any atom is 0.261 e. The van der Waals surface area contributed by atoms with Crippen molar-refractivity contribution in [1.29, 1.82) is 0 Å². The second-order valence-corrected chi connectivity index (χ2v) is 5.34. The summed E-state index contributed by atoms with van der Waals surface area (Å²) in [7, 11) is 0. The molecular weight excluding hydrogens is 268 g/mol. The molecule has 1 rings (SSSR count). The Balaban J connectivity index is 2.56. The minimum absolute atomic E-state index is 0.0593. The second-order valence-electron chi connectivity index (χ2n) is 5.34. The first-order chi connectivity index (χ1) is 9.78. The number of hydrogen-bond acceptors (Lipinski definition) is 4. The lowest BCUT2D eigenvalue weighted by Crippen LogP contribution is -2.39. The Morgan fingerprint density at radius 1 is 1.43 bits per heavy atom. The molecule has 0 spiro atoms. The molecule has 0 amide bonds. The lowest BCUT2D eigenvalue weighted by atomic mass is 10.0. The Morgan fingerprint density at radius 3 is 2.57 bits per heavy atom. The first kappa shape index (κ1) is 17.3. The van der Waals surface area contributed by atoms with Gasteiger partial charge in [0.1, 0.15) is 6.10 Å². The van der Waals surface area contributed by atoms with Gasteiger partial charge in [-0.25, -0.2) is 0 Å². The van der Waals surface area contributed by atoms with Gasteiger partial charge in [-0.05, 0) is 32.3 Å². The smallest absolute Gasteiger partial charge is 0.261 e. The van der Waals surface area contributed by atoms with Gasteiger partial charge in [-0.3, -0.25) is 0 Å². The van der Waals surface area contributed by atoms with E-state index in [0.29, 0.717) is 5.92 Å². The van der Waals surface area contributed by atoms with Gasteiger partial charge in [0, 0.05) is 6.08 Å². The van der Waals surface area contributed by atoms with Crippen molar-refractivity contribution < 1.29 is 20.1 Å². The van der Waals surface area contributed by atoms with E-state index in [9.17, 15) is 15.3 Å². The normalized spacial score (nSPS) is 26.2. The van der Waals surface area contributed by atoms with E-state index >= 15 is 0 Å². The van der Waals surface area contributed by atoms with Crippen LogP contribution in [0.3, 0.4) is 0 Å². The Morgan fingerprint density at radius 2 is 2.05 bits per heavy atom. The molecule has 1 heterocycles. The molecule has 0 saturated carbocycles. The van der Waals surface area contributed by atoms with Crippen LogP contribution in [-0.4, -0.2) is 27.2 Å². The fourth-order valence-corrected chi connectivity index (χ4v) is 1.96. The molecule has 116 valence electrons. The third-order valence-electron chi connectivity index (χ3n) is 3.32. The van der Waals surface area contributed by atoms with Gasteiger partial charge in [0.15, 0.2) is 11.5 Å². The van der Waals surface area contributed by atoms with Crippen LogP contribution in [0.5, 0.6) is 0 Å². The van der Waals surface area contributed by atoms with Crippen LogP contribution in [-0.2, 0) is 4.74 Å². The summed E-state index contributed by atoms with van der Waals surface area (Å²) in [6, 6.07) is 0. The molecule has 0 saturated heterocycles. The maximum atomic E-state index is 10.0. The molecule has 0 aromatic heterocycles. The summed E-state index contributed by atoms with van der Waals surface area (Å²) in [5.74, 6) is -1.90. The molecule has 1 aliphatic heterocycles. The first-order valence-electron chi connectivity index (χ1n) is 6.96. The molecule has 4 nitrogen and oxygen atoms in total. The molecule has 3 atom stereocenters. The number of allylic oxidation sites excluding steroid dienone is 5. The molecule has 4 heteroatoms.